The number of rotatable bonds is 5. The standard InChI is InChI=1S/C22H22FN3O2/c1-2-17-20(15-28-16-8-4-3-5-9-16)24-26-13-12-25(14-21(17)26)22(27)18-10-6-7-11-19(18)23/h3-11H,2,12-15H2,1H3. The first kappa shape index (κ1) is 18.2. The van der Waals surface area contributed by atoms with Crippen LogP contribution in [0.2, 0.25) is 0 Å². The van der Waals surface area contributed by atoms with Crippen LogP contribution in [0.15, 0.2) is 54.6 Å². The first-order chi connectivity index (χ1) is 13.7. The molecule has 0 unspecified atom stereocenters. The molecule has 0 spiro atoms. The molecule has 6 heteroatoms. The molecule has 144 valence electrons. The summed E-state index contributed by atoms with van der Waals surface area (Å²) in [5.74, 6) is 0.0285. The predicted octanol–water partition coefficient (Wildman–Crippen LogP) is 3.82. The van der Waals surface area contributed by atoms with Crippen LogP contribution in [0.3, 0.4) is 0 Å². The second kappa shape index (κ2) is 7.84. The van der Waals surface area contributed by atoms with Crippen LogP contribution < -0.4 is 4.74 Å². The second-order valence-electron chi connectivity index (χ2n) is 6.76. The van der Waals surface area contributed by atoms with Crippen LogP contribution in [0.5, 0.6) is 5.75 Å². The summed E-state index contributed by atoms with van der Waals surface area (Å²) in [6.45, 7) is 3.97. The number of hydrogen-bond donors (Lipinski definition) is 0. The van der Waals surface area contributed by atoms with E-state index in [1.165, 1.54) is 12.1 Å². The fraction of sp³-hybridized carbons (Fsp3) is 0.273. The molecule has 2 heterocycles. The van der Waals surface area contributed by atoms with Gasteiger partial charge in [-0.15, -0.1) is 0 Å². The van der Waals surface area contributed by atoms with Crippen LogP contribution in [-0.2, 0) is 26.1 Å². The zero-order valence-electron chi connectivity index (χ0n) is 15.8. The third kappa shape index (κ3) is 3.50. The van der Waals surface area contributed by atoms with E-state index in [0.717, 1.165) is 29.1 Å². The topological polar surface area (TPSA) is 47.4 Å². The van der Waals surface area contributed by atoms with Crippen molar-refractivity contribution >= 4 is 5.91 Å². The van der Waals surface area contributed by atoms with E-state index in [-0.39, 0.29) is 11.5 Å². The van der Waals surface area contributed by atoms with Crippen molar-refractivity contribution in [2.45, 2.75) is 33.0 Å². The van der Waals surface area contributed by atoms with Crippen molar-refractivity contribution < 1.29 is 13.9 Å². The highest BCUT2D eigenvalue weighted by atomic mass is 19.1. The molecular weight excluding hydrogens is 357 g/mol. The summed E-state index contributed by atoms with van der Waals surface area (Å²) in [5.41, 5.74) is 3.11. The summed E-state index contributed by atoms with van der Waals surface area (Å²) >= 11 is 0. The number of nitrogens with zero attached hydrogens (tertiary/aromatic N) is 3. The zero-order valence-corrected chi connectivity index (χ0v) is 15.8. The van der Waals surface area contributed by atoms with E-state index in [4.69, 9.17) is 9.84 Å². The van der Waals surface area contributed by atoms with E-state index in [1.807, 2.05) is 35.0 Å². The van der Waals surface area contributed by atoms with Crippen molar-refractivity contribution in [1.82, 2.24) is 14.7 Å². The number of fused-ring (bicyclic) bond motifs is 1. The van der Waals surface area contributed by atoms with Crippen LogP contribution in [0.1, 0.15) is 34.2 Å². The zero-order chi connectivity index (χ0) is 19.5. The fourth-order valence-corrected chi connectivity index (χ4v) is 3.60. The van der Waals surface area contributed by atoms with Crippen LogP contribution in [0, 0.1) is 5.82 Å². The maximum absolute atomic E-state index is 14.0. The predicted molar refractivity (Wildman–Crippen MR) is 104 cm³/mol. The Labute approximate surface area is 163 Å². The number of hydrogen-bond acceptors (Lipinski definition) is 3. The van der Waals surface area contributed by atoms with Crippen LogP contribution in [0.25, 0.3) is 0 Å². The number of aromatic nitrogens is 2. The third-order valence-electron chi connectivity index (χ3n) is 5.04. The van der Waals surface area contributed by atoms with Gasteiger partial charge >= 0.3 is 0 Å². The molecule has 1 aliphatic rings. The van der Waals surface area contributed by atoms with Gasteiger partial charge in [0.15, 0.2) is 0 Å². The van der Waals surface area contributed by atoms with Gasteiger partial charge in [0.25, 0.3) is 5.91 Å². The quantitative estimate of drug-likeness (QED) is 0.677. The van der Waals surface area contributed by atoms with Gasteiger partial charge in [-0.2, -0.15) is 5.10 Å². The first-order valence-corrected chi connectivity index (χ1v) is 9.46. The molecule has 0 atom stereocenters. The van der Waals surface area contributed by atoms with Crippen molar-refractivity contribution in [3.8, 4) is 5.75 Å². The van der Waals surface area contributed by atoms with Crippen LogP contribution >= 0.6 is 0 Å². The number of carbonyl (C=O) groups is 1. The Balaban J connectivity index is 1.54. The Morgan fingerprint density at radius 2 is 1.86 bits per heavy atom. The van der Waals surface area contributed by atoms with Gasteiger partial charge in [-0.3, -0.25) is 9.48 Å². The van der Waals surface area contributed by atoms with Gasteiger partial charge in [-0.05, 0) is 30.7 Å². The maximum atomic E-state index is 14.0. The highest BCUT2D eigenvalue weighted by molar-refractivity contribution is 5.94. The Bertz CT molecular complexity index is 985. The summed E-state index contributed by atoms with van der Waals surface area (Å²) in [5, 5.41) is 4.70. The lowest BCUT2D eigenvalue weighted by Gasteiger charge is -2.28. The van der Waals surface area contributed by atoms with Crippen molar-refractivity contribution in [2.24, 2.45) is 0 Å². The molecule has 2 aromatic carbocycles. The molecule has 1 amide bonds. The molecule has 0 radical (unpaired) electrons. The molecule has 4 rings (SSSR count). The molecule has 1 aliphatic heterocycles. The largest absolute Gasteiger partial charge is 0.487 e. The molecule has 0 N–H and O–H groups in total. The first-order valence-electron chi connectivity index (χ1n) is 9.46. The van der Waals surface area contributed by atoms with Crippen LogP contribution in [-0.4, -0.2) is 27.1 Å². The summed E-state index contributed by atoms with van der Waals surface area (Å²) in [4.78, 5) is 14.5. The molecule has 0 fully saturated rings. The lowest BCUT2D eigenvalue weighted by molar-refractivity contribution is 0.0700. The van der Waals surface area contributed by atoms with Crippen molar-refractivity contribution in [3.63, 3.8) is 0 Å². The Morgan fingerprint density at radius 1 is 1.11 bits per heavy atom. The number of halogens is 1. The van der Waals surface area contributed by atoms with E-state index < -0.39 is 5.82 Å². The fourth-order valence-electron chi connectivity index (χ4n) is 3.60. The minimum absolute atomic E-state index is 0.112. The molecule has 5 nitrogen and oxygen atoms in total. The molecule has 0 bridgehead atoms. The van der Waals surface area contributed by atoms with Crippen molar-refractivity contribution in [2.75, 3.05) is 6.54 Å². The number of carbonyl (C=O) groups excluding carboxylic acids is 1. The smallest absolute Gasteiger partial charge is 0.257 e. The van der Waals surface area contributed by atoms with Gasteiger partial charge < -0.3 is 9.64 Å². The van der Waals surface area contributed by atoms with E-state index in [2.05, 4.69) is 6.92 Å². The lowest BCUT2D eigenvalue weighted by Crippen LogP contribution is -2.39. The minimum atomic E-state index is -0.487. The lowest BCUT2D eigenvalue weighted by atomic mass is 10.1. The number of ether oxygens (including phenoxy) is 1. The molecular formula is C22H22FN3O2. The van der Waals surface area contributed by atoms with E-state index in [9.17, 15) is 9.18 Å². The van der Waals surface area contributed by atoms with Gasteiger partial charge in [0.2, 0.25) is 0 Å². The third-order valence-corrected chi connectivity index (χ3v) is 5.04. The maximum Gasteiger partial charge on any atom is 0.257 e. The molecule has 0 saturated heterocycles. The molecule has 0 saturated carbocycles. The normalized spacial score (nSPS) is 13.3. The monoisotopic (exact) mass is 379 g/mol. The van der Waals surface area contributed by atoms with Gasteiger partial charge in [0.1, 0.15) is 23.9 Å². The average molecular weight is 379 g/mol. The highest BCUT2D eigenvalue weighted by Crippen LogP contribution is 2.24. The Morgan fingerprint density at radius 3 is 2.61 bits per heavy atom. The van der Waals surface area contributed by atoms with Crippen molar-refractivity contribution in [1.29, 1.82) is 0 Å². The minimum Gasteiger partial charge on any atom is -0.487 e. The summed E-state index contributed by atoms with van der Waals surface area (Å²) in [6, 6.07) is 15.8. The Hall–Kier alpha value is -3.15. The van der Waals surface area contributed by atoms with Gasteiger partial charge in [0, 0.05) is 12.1 Å². The second-order valence-corrected chi connectivity index (χ2v) is 6.76. The number of para-hydroxylation sites is 1. The molecule has 28 heavy (non-hydrogen) atoms. The van der Waals surface area contributed by atoms with Crippen molar-refractivity contribution in [3.05, 3.63) is 82.9 Å². The number of amides is 1. The highest BCUT2D eigenvalue weighted by Gasteiger charge is 2.27. The molecule has 1 aromatic heterocycles. The summed E-state index contributed by atoms with van der Waals surface area (Å²) in [6.07, 6.45) is 0.796. The number of benzene rings is 2. The van der Waals surface area contributed by atoms with E-state index in [0.29, 0.717) is 26.2 Å². The van der Waals surface area contributed by atoms with Gasteiger partial charge in [-0.1, -0.05) is 37.3 Å². The van der Waals surface area contributed by atoms with E-state index >= 15 is 0 Å². The summed E-state index contributed by atoms with van der Waals surface area (Å²) < 4.78 is 21.8. The molecule has 0 aliphatic carbocycles. The average Bonchev–Trinajstić information content (AvgIpc) is 3.09. The molecule has 3 aromatic rings. The van der Waals surface area contributed by atoms with E-state index in [1.54, 1.807) is 17.0 Å². The summed E-state index contributed by atoms with van der Waals surface area (Å²) in [7, 11) is 0. The SMILES string of the molecule is CCc1c(COc2ccccc2)nn2c1CN(C(=O)c1ccccc1F)CC2. The van der Waals surface area contributed by atoms with Crippen LogP contribution in [0.4, 0.5) is 4.39 Å². The van der Waals surface area contributed by atoms with Gasteiger partial charge in [0.05, 0.1) is 24.3 Å². The Kier molecular flexibility index (Phi) is 5.10. The van der Waals surface area contributed by atoms with Gasteiger partial charge in [-0.25, -0.2) is 4.39 Å².